The van der Waals surface area contributed by atoms with Gasteiger partial charge in [0.1, 0.15) is 0 Å². The normalized spacial score (nSPS) is 12.6. The number of fused-ring (bicyclic) bond motifs is 1. The lowest BCUT2D eigenvalue weighted by Crippen LogP contribution is -2.11. The molecule has 0 aliphatic carbocycles. The highest BCUT2D eigenvalue weighted by molar-refractivity contribution is 5.82. The van der Waals surface area contributed by atoms with Gasteiger partial charge in [0.25, 0.3) is 0 Å². The lowest BCUT2D eigenvalue weighted by Gasteiger charge is -2.14. The average Bonchev–Trinajstić information content (AvgIpc) is 2.34. The minimum atomic E-state index is 0.0552. The topological polar surface area (TPSA) is 38.9 Å². The molecule has 0 aliphatic heterocycles. The minimum Gasteiger partial charge on any atom is -0.324 e. The van der Waals surface area contributed by atoms with Crippen molar-refractivity contribution in [1.29, 1.82) is 0 Å². The molecule has 0 amide bonds. The molecule has 2 heteroatoms. The Labute approximate surface area is 102 Å². The van der Waals surface area contributed by atoms with E-state index in [9.17, 15) is 0 Å². The van der Waals surface area contributed by atoms with E-state index < -0.39 is 0 Å². The second-order valence-electron chi connectivity index (χ2n) is 4.34. The highest BCUT2D eigenvalue weighted by atomic mass is 14.7. The Kier molecular flexibility index (Phi) is 3.55. The Morgan fingerprint density at radius 3 is 2.94 bits per heavy atom. The number of pyridine rings is 1. The van der Waals surface area contributed by atoms with Gasteiger partial charge in [0, 0.05) is 17.1 Å². The van der Waals surface area contributed by atoms with Crippen LogP contribution in [0.1, 0.15) is 30.1 Å². The van der Waals surface area contributed by atoms with Gasteiger partial charge in [-0.1, -0.05) is 24.3 Å². The Bertz CT molecular complexity index is 531. The molecule has 1 atom stereocenters. The van der Waals surface area contributed by atoms with Gasteiger partial charge in [-0.25, -0.2) is 0 Å². The van der Waals surface area contributed by atoms with E-state index in [0.717, 1.165) is 29.4 Å². The summed E-state index contributed by atoms with van der Waals surface area (Å²) in [6.07, 6.45) is 3.78. The molecule has 0 saturated heterocycles. The summed E-state index contributed by atoms with van der Waals surface area (Å²) in [6, 6.07) is 10.3. The molecular weight excluding hydrogens is 208 g/mol. The molecule has 1 aromatic carbocycles. The van der Waals surface area contributed by atoms with Crippen molar-refractivity contribution in [3.8, 4) is 0 Å². The van der Waals surface area contributed by atoms with Crippen LogP contribution >= 0.6 is 0 Å². The zero-order valence-electron chi connectivity index (χ0n) is 10.2. The minimum absolute atomic E-state index is 0.0552. The first-order valence-corrected chi connectivity index (χ1v) is 5.95. The van der Waals surface area contributed by atoms with E-state index in [1.165, 1.54) is 5.56 Å². The van der Waals surface area contributed by atoms with Crippen LogP contribution in [0.2, 0.25) is 0 Å². The van der Waals surface area contributed by atoms with Crippen molar-refractivity contribution in [2.24, 2.45) is 5.73 Å². The van der Waals surface area contributed by atoms with Crippen molar-refractivity contribution in [2.45, 2.75) is 25.8 Å². The van der Waals surface area contributed by atoms with E-state index in [4.69, 9.17) is 5.73 Å². The highest BCUT2D eigenvalue weighted by Gasteiger charge is 2.10. The van der Waals surface area contributed by atoms with E-state index in [-0.39, 0.29) is 6.04 Å². The number of allylic oxidation sites excluding steroid dienone is 1. The summed E-state index contributed by atoms with van der Waals surface area (Å²) in [4.78, 5) is 4.52. The van der Waals surface area contributed by atoms with Gasteiger partial charge in [0.2, 0.25) is 0 Å². The number of nitrogens with two attached hydrogens (primary N) is 1. The maximum atomic E-state index is 6.24. The second kappa shape index (κ2) is 5.11. The van der Waals surface area contributed by atoms with Gasteiger partial charge in [0.15, 0.2) is 0 Å². The molecular formula is C15H18N2. The van der Waals surface area contributed by atoms with E-state index in [0.29, 0.717) is 0 Å². The fourth-order valence-corrected chi connectivity index (χ4v) is 2.10. The van der Waals surface area contributed by atoms with Crippen LogP contribution in [0.5, 0.6) is 0 Å². The summed E-state index contributed by atoms with van der Waals surface area (Å²) in [6.45, 7) is 5.75. The van der Waals surface area contributed by atoms with Crippen molar-refractivity contribution < 1.29 is 0 Å². The maximum Gasteiger partial charge on any atom is 0.0708 e. The predicted molar refractivity (Wildman–Crippen MR) is 72.8 cm³/mol. The second-order valence-corrected chi connectivity index (χ2v) is 4.34. The van der Waals surface area contributed by atoms with Gasteiger partial charge in [-0.15, -0.1) is 6.58 Å². The lowest BCUT2D eigenvalue weighted by molar-refractivity contribution is 0.665. The van der Waals surface area contributed by atoms with Gasteiger partial charge in [-0.2, -0.15) is 0 Å². The Balaban J connectivity index is 2.47. The van der Waals surface area contributed by atoms with E-state index in [1.54, 1.807) is 0 Å². The Morgan fingerprint density at radius 2 is 2.18 bits per heavy atom. The van der Waals surface area contributed by atoms with Crippen LogP contribution in [-0.4, -0.2) is 4.98 Å². The van der Waals surface area contributed by atoms with Crippen LogP contribution in [0, 0.1) is 6.92 Å². The monoisotopic (exact) mass is 226 g/mol. The van der Waals surface area contributed by atoms with Crippen LogP contribution in [-0.2, 0) is 0 Å². The van der Waals surface area contributed by atoms with E-state index in [2.05, 4.69) is 23.7 Å². The maximum absolute atomic E-state index is 6.24. The van der Waals surface area contributed by atoms with Crippen LogP contribution in [0.15, 0.2) is 43.0 Å². The molecule has 0 spiro atoms. The number of aryl methyl sites for hydroxylation is 1. The average molecular weight is 226 g/mol. The quantitative estimate of drug-likeness (QED) is 0.810. The summed E-state index contributed by atoms with van der Waals surface area (Å²) in [5, 5.41) is 1.16. The fourth-order valence-electron chi connectivity index (χ4n) is 2.10. The number of benzene rings is 1. The van der Waals surface area contributed by atoms with Crippen LogP contribution in [0.25, 0.3) is 10.9 Å². The number of aromatic nitrogens is 1. The highest BCUT2D eigenvalue weighted by Crippen LogP contribution is 2.25. The smallest absolute Gasteiger partial charge is 0.0708 e. The molecule has 0 fully saturated rings. The molecule has 1 unspecified atom stereocenters. The number of rotatable bonds is 4. The SMILES string of the molecule is C=CCCC(N)c1cc(C)nc2ccccc12. The van der Waals surface area contributed by atoms with Gasteiger partial charge in [-0.05, 0) is 37.5 Å². The Morgan fingerprint density at radius 1 is 1.41 bits per heavy atom. The molecule has 2 rings (SSSR count). The number of hydrogen-bond acceptors (Lipinski definition) is 2. The van der Waals surface area contributed by atoms with Crippen molar-refractivity contribution in [3.05, 3.63) is 54.2 Å². The molecule has 2 N–H and O–H groups in total. The molecule has 0 radical (unpaired) electrons. The molecule has 1 aromatic heterocycles. The van der Waals surface area contributed by atoms with Gasteiger partial charge in [-0.3, -0.25) is 4.98 Å². The number of para-hydroxylation sites is 1. The molecule has 17 heavy (non-hydrogen) atoms. The summed E-state index contributed by atoms with van der Waals surface area (Å²) in [5.41, 5.74) is 9.48. The first kappa shape index (κ1) is 11.8. The molecule has 0 saturated carbocycles. The largest absolute Gasteiger partial charge is 0.324 e. The van der Waals surface area contributed by atoms with Crippen molar-refractivity contribution >= 4 is 10.9 Å². The summed E-state index contributed by atoms with van der Waals surface area (Å²) < 4.78 is 0. The number of hydrogen-bond donors (Lipinski definition) is 1. The van der Waals surface area contributed by atoms with E-state index >= 15 is 0 Å². The van der Waals surface area contributed by atoms with Gasteiger partial charge >= 0.3 is 0 Å². The Hall–Kier alpha value is -1.67. The van der Waals surface area contributed by atoms with Crippen molar-refractivity contribution in [2.75, 3.05) is 0 Å². The third kappa shape index (κ3) is 2.53. The van der Waals surface area contributed by atoms with Crippen molar-refractivity contribution in [1.82, 2.24) is 4.98 Å². The third-order valence-corrected chi connectivity index (χ3v) is 2.96. The van der Waals surface area contributed by atoms with Gasteiger partial charge in [0.05, 0.1) is 5.52 Å². The van der Waals surface area contributed by atoms with E-state index in [1.807, 2.05) is 31.2 Å². The third-order valence-electron chi connectivity index (χ3n) is 2.96. The summed E-state index contributed by atoms with van der Waals surface area (Å²) in [5.74, 6) is 0. The summed E-state index contributed by atoms with van der Waals surface area (Å²) in [7, 11) is 0. The molecule has 2 nitrogen and oxygen atoms in total. The standard InChI is InChI=1S/C15H18N2/c1-3-4-8-14(16)13-10-11(2)17-15-9-6-5-7-12(13)15/h3,5-7,9-10,14H,1,4,8,16H2,2H3. The first-order valence-electron chi connectivity index (χ1n) is 5.95. The predicted octanol–water partition coefficient (Wildman–Crippen LogP) is 3.51. The van der Waals surface area contributed by atoms with Gasteiger partial charge < -0.3 is 5.73 Å². The zero-order valence-corrected chi connectivity index (χ0v) is 10.2. The van der Waals surface area contributed by atoms with Crippen LogP contribution in [0.3, 0.4) is 0 Å². The molecule has 0 bridgehead atoms. The number of nitrogens with zero attached hydrogens (tertiary/aromatic N) is 1. The first-order chi connectivity index (χ1) is 8.22. The molecule has 88 valence electrons. The van der Waals surface area contributed by atoms with Crippen LogP contribution < -0.4 is 5.73 Å². The summed E-state index contributed by atoms with van der Waals surface area (Å²) >= 11 is 0. The molecule has 0 aliphatic rings. The molecule has 2 aromatic rings. The lowest BCUT2D eigenvalue weighted by atomic mass is 9.98. The fraction of sp³-hybridized carbons (Fsp3) is 0.267. The van der Waals surface area contributed by atoms with Crippen LogP contribution in [0.4, 0.5) is 0 Å². The zero-order chi connectivity index (χ0) is 12.3. The van der Waals surface area contributed by atoms with Crippen molar-refractivity contribution in [3.63, 3.8) is 0 Å². The molecule has 1 heterocycles.